The van der Waals surface area contributed by atoms with Crippen molar-refractivity contribution < 1.29 is 9.53 Å². The first-order chi connectivity index (χ1) is 7.70. The molecule has 0 aliphatic carbocycles. The molecule has 0 radical (unpaired) electrons. The number of hydrogen-bond donors (Lipinski definition) is 1. The van der Waals surface area contributed by atoms with Crippen LogP contribution < -0.4 is 5.32 Å². The molecular formula is C12H24N2O2. The fourth-order valence-electron chi connectivity index (χ4n) is 2.17. The van der Waals surface area contributed by atoms with Crippen LogP contribution in [0.4, 0.5) is 0 Å². The lowest BCUT2D eigenvalue weighted by atomic mass is 10.2. The quantitative estimate of drug-likeness (QED) is 0.738. The highest BCUT2D eigenvalue weighted by molar-refractivity contribution is 5.80. The number of ether oxygens (including phenoxy) is 1. The van der Waals surface area contributed by atoms with E-state index >= 15 is 0 Å². The monoisotopic (exact) mass is 228 g/mol. The predicted molar refractivity (Wildman–Crippen MR) is 64.4 cm³/mol. The van der Waals surface area contributed by atoms with Crippen LogP contribution in [0.15, 0.2) is 0 Å². The van der Waals surface area contributed by atoms with E-state index in [-0.39, 0.29) is 12.0 Å². The Morgan fingerprint density at radius 3 is 2.81 bits per heavy atom. The van der Waals surface area contributed by atoms with Crippen LogP contribution in [0.1, 0.15) is 33.6 Å². The molecule has 1 N–H and O–H groups in total. The molecule has 1 aliphatic heterocycles. The van der Waals surface area contributed by atoms with Gasteiger partial charge in [-0.25, -0.2) is 0 Å². The van der Waals surface area contributed by atoms with Crippen LogP contribution in [0, 0.1) is 0 Å². The summed E-state index contributed by atoms with van der Waals surface area (Å²) in [6.45, 7) is 9.24. The highest BCUT2D eigenvalue weighted by atomic mass is 16.5. The molecule has 1 aliphatic rings. The van der Waals surface area contributed by atoms with Crippen LogP contribution in [0.5, 0.6) is 0 Å². The van der Waals surface area contributed by atoms with Crippen molar-refractivity contribution in [3.05, 3.63) is 0 Å². The maximum atomic E-state index is 12.2. The summed E-state index contributed by atoms with van der Waals surface area (Å²) in [5.41, 5.74) is 0. The Morgan fingerprint density at radius 2 is 2.31 bits per heavy atom. The van der Waals surface area contributed by atoms with Gasteiger partial charge in [0.05, 0.1) is 0 Å². The summed E-state index contributed by atoms with van der Waals surface area (Å²) in [5, 5.41) is 3.30. The number of rotatable bonds is 6. The topological polar surface area (TPSA) is 41.6 Å². The van der Waals surface area contributed by atoms with E-state index in [1.54, 1.807) is 0 Å². The van der Waals surface area contributed by atoms with Crippen LogP contribution in [0.3, 0.4) is 0 Å². The van der Waals surface area contributed by atoms with Crippen LogP contribution in [-0.2, 0) is 9.53 Å². The fourth-order valence-corrected chi connectivity index (χ4v) is 2.17. The fraction of sp³-hybridized carbons (Fsp3) is 0.917. The van der Waals surface area contributed by atoms with Crippen molar-refractivity contribution in [1.82, 2.24) is 10.2 Å². The molecule has 1 fully saturated rings. The zero-order valence-corrected chi connectivity index (χ0v) is 10.7. The molecule has 1 rings (SSSR count). The van der Waals surface area contributed by atoms with Gasteiger partial charge in [-0.05, 0) is 33.2 Å². The Hall–Kier alpha value is -0.610. The van der Waals surface area contributed by atoms with Gasteiger partial charge in [0.1, 0.15) is 6.10 Å². The van der Waals surface area contributed by atoms with Gasteiger partial charge >= 0.3 is 0 Å². The Bertz CT molecular complexity index is 215. The average molecular weight is 228 g/mol. The van der Waals surface area contributed by atoms with Crippen molar-refractivity contribution in [2.45, 2.75) is 45.8 Å². The molecule has 1 saturated heterocycles. The number of nitrogens with one attached hydrogen (secondary N) is 1. The number of carbonyl (C=O) groups is 1. The van der Waals surface area contributed by atoms with Gasteiger partial charge in [0, 0.05) is 25.7 Å². The van der Waals surface area contributed by atoms with E-state index in [1.165, 1.54) is 0 Å². The predicted octanol–water partition coefficient (Wildman–Crippen LogP) is 1.01. The van der Waals surface area contributed by atoms with Crippen LogP contribution in [0.25, 0.3) is 0 Å². The van der Waals surface area contributed by atoms with Gasteiger partial charge in [0.15, 0.2) is 0 Å². The number of nitrogens with zero attached hydrogens (tertiary/aromatic N) is 1. The van der Waals surface area contributed by atoms with Crippen LogP contribution in [0.2, 0.25) is 0 Å². The summed E-state index contributed by atoms with van der Waals surface area (Å²) in [6.07, 6.45) is 1.75. The first-order valence-electron chi connectivity index (χ1n) is 6.33. The Kier molecular flexibility index (Phi) is 5.77. The summed E-state index contributed by atoms with van der Waals surface area (Å²) in [7, 11) is 0. The smallest absolute Gasteiger partial charge is 0.251 e. The van der Waals surface area contributed by atoms with E-state index < -0.39 is 0 Å². The second-order valence-electron chi connectivity index (χ2n) is 4.28. The summed E-state index contributed by atoms with van der Waals surface area (Å²) < 4.78 is 5.38. The second-order valence-corrected chi connectivity index (χ2v) is 4.28. The molecule has 1 heterocycles. The first-order valence-corrected chi connectivity index (χ1v) is 6.33. The molecule has 16 heavy (non-hydrogen) atoms. The molecule has 0 spiro atoms. The normalized spacial score (nSPS) is 22.1. The maximum absolute atomic E-state index is 12.2. The average Bonchev–Trinajstić information content (AvgIpc) is 2.78. The van der Waals surface area contributed by atoms with Gasteiger partial charge in [-0.15, -0.1) is 0 Å². The van der Waals surface area contributed by atoms with Crippen molar-refractivity contribution in [2.75, 3.05) is 26.2 Å². The number of amides is 1. The molecule has 0 aromatic rings. The van der Waals surface area contributed by atoms with Gasteiger partial charge in [-0.2, -0.15) is 0 Å². The Balaban J connectivity index is 2.56. The molecule has 1 amide bonds. The van der Waals surface area contributed by atoms with E-state index in [1.807, 2.05) is 18.7 Å². The van der Waals surface area contributed by atoms with E-state index in [0.717, 1.165) is 32.5 Å². The minimum absolute atomic E-state index is 0.136. The van der Waals surface area contributed by atoms with Crippen molar-refractivity contribution in [3.63, 3.8) is 0 Å². The largest absolute Gasteiger partial charge is 0.369 e. The second kappa shape index (κ2) is 6.86. The molecule has 0 aromatic carbocycles. The van der Waals surface area contributed by atoms with E-state index in [2.05, 4.69) is 12.2 Å². The molecule has 4 heteroatoms. The van der Waals surface area contributed by atoms with E-state index in [0.29, 0.717) is 12.6 Å². The highest BCUT2D eigenvalue weighted by Gasteiger charge is 2.28. The molecule has 0 saturated carbocycles. The number of carbonyl (C=O) groups excluding carboxylic acids is 1. The molecular weight excluding hydrogens is 204 g/mol. The van der Waals surface area contributed by atoms with Gasteiger partial charge < -0.3 is 15.0 Å². The Labute approximate surface area is 98.3 Å². The van der Waals surface area contributed by atoms with Crippen LogP contribution >= 0.6 is 0 Å². The molecule has 0 bridgehead atoms. The third-order valence-corrected chi connectivity index (χ3v) is 2.99. The Morgan fingerprint density at radius 1 is 1.56 bits per heavy atom. The number of hydrogen-bond acceptors (Lipinski definition) is 3. The SMILES string of the molecule is CCCN(C(=O)C(C)OCC)C1CCNC1. The third kappa shape index (κ3) is 3.46. The van der Waals surface area contributed by atoms with Crippen molar-refractivity contribution in [3.8, 4) is 0 Å². The lowest BCUT2D eigenvalue weighted by molar-refractivity contribution is -0.144. The summed E-state index contributed by atoms with van der Waals surface area (Å²) in [4.78, 5) is 14.2. The van der Waals surface area contributed by atoms with Crippen LogP contribution in [-0.4, -0.2) is 49.2 Å². The molecule has 2 atom stereocenters. The lowest BCUT2D eigenvalue weighted by Crippen LogP contribution is -2.46. The van der Waals surface area contributed by atoms with Gasteiger partial charge in [0.2, 0.25) is 0 Å². The molecule has 94 valence electrons. The summed E-state index contributed by atoms with van der Waals surface area (Å²) >= 11 is 0. The zero-order valence-electron chi connectivity index (χ0n) is 10.7. The van der Waals surface area contributed by atoms with E-state index in [4.69, 9.17) is 4.74 Å². The van der Waals surface area contributed by atoms with Crippen molar-refractivity contribution in [2.24, 2.45) is 0 Å². The van der Waals surface area contributed by atoms with Gasteiger partial charge in [-0.3, -0.25) is 4.79 Å². The first kappa shape index (κ1) is 13.5. The van der Waals surface area contributed by atoms with E-state index in [9.17, 15) is 4.79 Å². The van der Waals surface area contributed by atoms with Crippen molar-refractivity contribution >= 4 is 5.91 Å². The van der Waals surface area contributed by atoms with Gasteiger partial charge in [-0.1, -0.05) is 6.92 Å². The minimum atomic E-state index is -0.308. The highest BCUT2D eigenvalue weighted by Crippen LogP contribution is 2.12. The minimum Gasteiger partial charge on any atom is -0.369 e. The summed E-state index contributed by atoms with van der Waals surface area (Å²) in [5.74, 6) is 0.136. The molecule has 0 aromatic heterocycles. The molecule has 2 unspecified atom stereocenters. The third-order valence-electron chi connectivity index (χ3n) is 2.99. The molecule has 4 nitrogen and oxygen atoms in total. The van der Waals surface area contributed by atoms with Gasteiger partial charge in [0.25, 0.3) is 5.91 Å². The lowest BCUT2D eigenvalue weighted by Gasteiger charge is -2.30. The zero-order chi connectivity index (χ0) is 12.0. The standard InChI is InChI=1S/C12H24N2O2/c1-4-8-14(11-6-7-13-9-11)12(15)10(3)16-5-2/h10-11,13H,4-9H2,1-3H3. The summed E-state index contributed by atoms with van der Waals surface area (Å²) in [6, 6.07) is 0.357. The van der Waals surface area contributed by atoms with Crippen molar-refractivity contribution in [1.29, 1.82) is 0 Å². The maximum Gasteiger partial charge on any atom is 0.251 e.